The summed E-state index contributed by atoms with van der Waals surface area (Å²) in [5.41, 5.74) is -0.0590. The average molecular weight is 319 g/mol. The van der Waals surface area contributed by atoms with E-state index in [0.717, 1.165) is 5.75 Å². The Morgan fingerprint density at radius 3 is 2.64 bits per heavy atom. The summed E-state index contributed by atoms with van der Waals surface area (Å²) in [7, 11) is 0. The van der Waals surface area contributed by atoms with Crippen molar-refractivity contribution in [2.75, 3.05) is 11.5 Å². The molecule has 1 aliphatic heterocycles. The molecular weight excluding hydrogens is 306 g/mol. The lowest BCUT2D eigenvalue weighted by atomic mass is 9.98. The predicted molar refractivity (Wildman–Crippen MR) is 78.9 cm³/mol. The number of nitrogens with zero attached hydrogens (tertiary/aromatic N) is 4. The van der Waals surface area contributed by atoms with Crippen LogP contribution in [0, 0.1) is 0 Å². The van der Waals surface area contributed by atoms with Crippen molar-refractivity contribution in [1.29, 1.82) is 0 Å². The molecular formula is C13H13N5O3S. The van der Waals surface area contributed by atoms with Gasteiger partial charge in [0.15, 0.2) is 0 Å². The van der Waals surface area contributed by atoms with Crippen LogP contribution >= 0.6 is 11.8 Å². The van der Waals surface area contributed by atoms with Crippen LogP contribution in [-0.4, -0.2) is 54.2 Å². The molecule has 114 valence electrons. The fraction of sp³-hybridized carbons (Fsp3) is 0.308. The Kier molecular flexibility index (Phi) is 3.80. The highest BCUT2D eigenvalue weighted by Gasteiger charge is 2.43. The first kappa shape index (κ1) is 14.5. The molecule has 2 aromatic rings. The Morgan fingerprint density at radius 2 is 2.09 bits per heavy atom. The molecule has 1 atom stereocenters. The minimum atomic E-state index is -1.17. The summed E-state index contributed by atoms with van der Waals surface area (Å²) in [4.78, 5) is 23.7. The average Bonchev–Trinajstić information content (AvgIpc) is 3.19. The van der Waals surface area contributed by atoms with Crippen LogP contribution in [0.2, 0.25) is 0 Å². The molecule has 2 N–H and O–H groups in total. The van der Waals surface area contributed by atoms with Gasteiger partial charge in [-0.25, -0.2) is 9.48 Å². The Hall–Kier alpha value is -2.42. The molecule has 9 heteroatoms. The number of carboxylic acids is 1. The summed E-state index contributed by atoms with van der Waals surface area (Å²) in [6, 6.07) is 6.62. The van der Waals surface area contributed by atoms with Crippen LogP contribution < -0.4 is 5.32 Å². The predicted octanol–water partition coefficient (Wildman–Crippen LogP) is 0.352. The molecule has 0 aliphatic carbocycles. The third-order valence-corrected chi connectivity index (χ3v) is 4.72. The molecule has 1 unspecified atom stereocenters. The number of benzene rings is 1. The van der Waals surface area contributed by atoms with Crippen LogP contribution in [0.5, 0.6) is 0 Å². The van der Waals surface area contributed by atoms with Crippen LogP contribution in [0.3, 0.4) is 0 Å². The van der Waals surface area contributed by atoms with Crippen molar-refractivity contribution in [3.05, 3.63) is 36.2 Å². The van der Waals surface area contributed by atoms with E-state index in [1.165, 1.54) is 22.8 Å². The van der Waals surface area contributed by atoms with Gasteiger partial charge in [0.25, 0.3) is 5.91 Å². The molecule has 0 spiro atoms. The van der Waals surface area contributed by atoms with Gasteiger partial charge < -0.3 is 10.4 Å². The van der Waals surface area contributed by atoms with Gasteiger partial charge in [0.2, 0.25) is 0 Å². The van der Waals surface area contributed by atoms with Gasteiger partial charge in [-0.2, -0.15) is 11.8 Å². The van der Waals surface area contributed by atoms with E-state index in [4.69, 9.17) is 0 Å². The summed E-state index contributed by atoms with van der Waals surface area (Å²) < 4.78 is 1.47. The SMILES string of the molecule is O=C(NC1(C(=O)O)CCSC1)c1ccc(-n2cnnn2)cc1. The van der Waals surface area contributed by atoms with Gasteiger partial charge in [-0.15, -0.1) is 5.10 Å². The third kappa shape index (κ3) is 2.67. The second-order valence-corrected chi connectivity index (χ2v) is 6.05. The lowest BCUT2D eigenvalue weighted by Gasteiger charge is -2.24. The largest absolute Gasteiger partial charge is 0.479 e. The number of hydrogen-bond donors (Lipinski definition) is 2. The maximum Gasteiger partial charge on any atom is 0.330 e. The van der Waals surface area contributed by atoms with Crippen LogP contribution in [0.1, 0.15) is 16.8 Å². The molecule has 1 aromatic heterocycles. The number of amides is 1. The van der Waals surface area contributed by atoms with Crippen molar-refractivity contribution in [3.63, 3.8) is 0 Å². The number of aromatic nitrogens is 4. The number of rotatable bonds is 4. The standard InChI is InChI=1S/C13H13N5O3S/c19-11(15-13(12(20)21)5-6-22-7-13)9-1-3-10(4-2-9)18-8-14-16-17-18/h1-4,8H,5-7H2,(H,15,19)(H,20,21). The molecule has 0 radical (unpaired) electrons. The van der Waals surface area contributed by atoms with E-state index in [9.17, 15) is 14.7 Å². The van der Waals surface area contributed by atoms with E-state index < -0.39 is 17.4 Å². The molecule has 22 heavy (non-hydrogen) atoms. The minimum absolute atomic E-state index is 0.386. The van der Waals surface area contributed by atoms with Gasteiger partial charge in [0, 0.05) is 11.3 Å². The fourth-order valence-electron chi connectivity index (χ4n) is 2.22. The van der Waals surface area contributed by atoms with E-state index in [0.29, 0.717) is 23.4 Å². The number of thioether (sulfide) groups is 1. The molecule has 1 fully saturated rings. The second-order valence-electron chi connectivity index (χ2n) is 4.95. The molecule has 1 aromatic carbocycles. The second kappa shape index (κ2) is 5.76. The van der Waals surface area contributed by atoms with Crippen molar-refractivity contribution in [3.8, 4) is 5.69 Å². The third-order valence-electron chi connectivity index (χ3n) is 3.53. The van der Waals surface area contributed by atoms with Crippen molar-refractivity contribution in [2.24, 2.45) is 0 Å². The first-order valence-electron chi connectivity index (χ1n) is 6.58. The number of tetrazole rings is 1. The quantitative estimate of drug-likeness (QED) is 0.836. The van der Waals surface area contributed by atoms with Gasteiger partial charge in [-0.3, -0.25) is 4.79 Å². The fourth-order valence-corrected chi connectivity index (χ4v) is 3.55. The summed E-state index contributed by atoms with van der Waals surface area (Å²) in [5, 5.41) is 22.9. The molecule has 1 aliphatic rings. The van der Waals surface area contributed by atoms with Crippen LogP contribution in [-0.2, 0) is 4.79 Å². The van der Waals surface area contributed by atoms with E-state index in [-0.39, 0.29) is 0 Å². The van der Waals surface area contributed by atoms with Crippen LogP contribution in [0.15, 0.2) is 30.6 Å². The maximum atomic E-state index is 12.3. The molecule has 8 nitrogen and oxygen atoms in total. The zero-order chi connectivity index (χ0) is 15.6. The Bertz CT molecular complexity index is 680. The number of carbonyl (C=O) groups is 2. The summed E-state index contributed by atoms with van der Waals surface area (Å²) >= 11 is 1.53. The lowest BCUT2D eigenvalue weighted by molar-refractivity contribution is -0.143. The zero-order valence-electron chi connectivity index (χ0n) is 11.5. The number of aliphatic carboxylic acids is 1. The number of nitrogens with one attached hydrogen (secondary N) is 1. The van der Waals surface area contributed by atoms with E-state index in [1.54, 1.807) is 24.3 Å². The van der Waals surface area contributed by atoms with Gasteiger partial charge in [0.05, 0.1) is 5.69 Å². The Labute approximate surface area is 129 Å². The smallest absolute Gasteiger partial charge is 0.330 e. The molecule has 0 saturated carbocycles. The normalized spacial score (nSPS) is 20.7. The van der Waals surface area contributed by atoms with E-state index >= 15 is 0 Å². The first-order chi connectivity index (χ1) is 10.6. The molecule has 1 saturated heterocycles. The molecule has 3 rings (SSSR count). The highest BCUT2D eigenvalue weighted by atomic mass is 32.2. The number of carbonyl (C=O) groups excluding carboxylic acids is 1. The Balaban J connectivity index is 1.76. The van der Waals surface area contributed by atoms with E-state index in [2.05, 4.69) is 20.8 Å². The molecule has 0 bridgehead atoms. The lowest BCUT2D eigenvalue weighted by Crippen LogP contribution is -2.54. The number of hydrogen-bond acceptors (Lipinski definition) is 6. The van der Waals surface area contributed by atoms with Crippen molar-refractivity contribution >= 4 is 23.6 Å². The zero-order valence-corrected chi connectivity index (χ0v) is 12.3. The van der Waals surface area contributed by atoms with Gasteiger partial charge in [0.1, 0.15) is 11.9 Å². The maximum absolute atomic E-state index is 12.3. The van der Waals surface area contributed by atoms with Crippen molar-refractivity contribution in [2.45, 2.75) is 12.0 Å². The number of carboxylic acid groups (broad SMARTS) is 1. The van der Waals surface area contributed by atoms with Gasteiger partial charge in [-0.1, -0.05) is 0 Å². The van der Waals surface area contributed by atoms with Crippen molar-refractivity contribution in [1.82, 2.24) is 25.5 Å². The van der Waals surface area contributed by atoms with Crippen LogP contribution in [0.25, 0.3) is 5.69 Å². The first-order valence-corrected chi connectivity index (χ1v) is 7.73. The van der Waals surface area contributed by atoms with Gasteiger partial charge in [-0.05, 0) is 46.9 Å². The molecule has 1 amide bonds. The Morgan fingerprint density at radius 1 is 1.32 bits per heavy atom. The summed E-state index contributed by atoms with van der Waals surface area (Å²) in [6.07, 6.45) is 1.88. The monoisotopic (exact) mass is 319 g/mol. The summed E-state index contributed by atoms with van der Waals surface area (Å²) in [5.74, 6) is -0.272. The topological polar surface area (TPSA) is 110 Å². The molecule has 2 heterocycles. The minimum Gasteiger partial charge on any atom is -0.479 e. The van der Waals surface area contributed by atoms with Crippen LogP contribution in [0.4, 0.5) is 0 Å². The highest BCUT2D eigenvalue weighted by molar-refractivity contribution is 7.99. The summed E-state index contributed by atoms with van der Waals surface area (Å²) in [6.45, 7) is 0. The van der Waals surface area contributed by atoms with Gasteiger partial charge >= 0.3 is 5.97 Å². The van der Waals surface area contributed by atoms with E-state index in [1.807, 2.05) is 0 Å². The van der Waals surface area contributed by atoms with Crippen molar-refractivity contribution < 1.29 is 14.7 Å². The highest BCUT2D eigenvalue weighted by Crippen LogP contribution is 2.28.